The number of aryl methyl sites for hydroxylation is 2. The van der Waals surface area contributed by atoms with Crippen molar-refractivity contribution in [2.75, 3.05) is 18.4 Å². The fourth-order valence-electron chi connectivity index (χ4n) is 3.81. The first-order valence-corrected chi connectivity index (χ1v) is 12.1. The molecule has 1 aliphatic rings. The molecule has 1 aromatic heterocycles. The predicted molar refractivity (Wildman–Crippen MR) is 121 cm³/mol. The molecule has 0 unspecified atom stereocenters. The minimum Gasteiger partial charge on any atom is -0.403 e. The van der Waals surface area contributed by atoms with Crippen LogP contribution in [-0.2, 0) is 10.0 Å². The molecule has 1 fully saturated rings. The molecule has 0 spiro atoms. The number of hydrogen-bond donors (Lipinski definition) is 1. The van der Waals surface area contributed by atoms with Gasteiger partial charge in [0.2, 0.25) is 15.9 Å². The summed E-state index contributed by atoms with van der Waals surface area (Å²) >= 11 is 0. The lowest BCUT2D eigenvalue weighted by Crippen LogP contribution is -2.31. The van der Waals surface area contributed by atoms with Gasteiger partial charge in [-0.15, -0.1) is 5.10 Å². The Bertz CT molecular complexity index is 1210. The minimum absolute atomic E-state index is 0.0220. The highest BCUT2D eigenvalue weighted by Crippen LogP contribution is 2.25. The van der Waals surface area contributed by atoms with Gasteiger partial charge >= 0.3 is 6.01 Å². The van der Waals surface area contributed by atoms with E-state index in [0.29, 0.717) is 24.5 Å². The third-order valence-corrected chi connectivity index (χ3v) is 7.49. The zero-order chi connectivity index (χ0) is 22.7. The predicted octanol–water partition coefficient (Wildman–Crippen LogP) is 4.17. The van der Waals surface area contributed by atoms with Gasteiger partial charge < -0.3 is 4.42 Å². The monoisotopic (exact) mass is 454 g/mol. The van der Waals surface area contributed by atoms with Gasteiger partial charge in [0.1, 0.15) is 0 Å². The molecule has 9 heteroatoms. The van der Waals surface area contributed by atoms with Crippen LogP contribution in [0.25, 0.3) is 11.5 Å². The molecule has 0 radical (unpaired) electrons. The number of hydrogen-bond acceptors (Lipinski definition) is 6. The van der Waals surface area contributed by atoms with Crippen molar-refractivity contribution < 1.29 is 17.6 Å². The number of nitrogens with one attached hydrogen (secondary N) is 1. The Morgan fingerprint density at radius 3 is 2.31 bits per heavy atom. The molecule has 2 aromatic carbocycles. The number of anilines is 1. The average molecular weight is 455 g/mol. The molecule has 0 aliphatic carbocycles. The van der Waals surface area contributed by atoms with Crippen LogP contribution in [-0.4, -0.2) is 41.9 Å². The average Bonchev–Trinajstić information content (AvgIpc) is 3.04. The lowest BCUT2D eigenvalue weighted by molar-refractivity contribution is 0.102. The molecule has 32 heavy (non-hydrogen) atoms. The summed E-state index contributed by atoms with van der Waals surface area (Å²) in [7, 11) is -3.56. The van der Waals surface area contributed by atoms with E-state index in [-0.39, 0.29) is 10.9 Å². The molecule has 168 valence electrons. The van der Waals surface area contributed by atoms with Crippen LogP contribution in [0.2, 0.25) is 0 Å². The summed E-state index contributed by atoms with van der Waals surface area (Å²) in [5, 5.41) is 10.5. The first kappa shape index (κ1) is 22.2. The second-order valence-electron chi connectivity index (χ2n) is 8.03. The number of amides is 1. The van der Waals surface area contributed by atoms with E-state index in [4.69, 9.17) is 4.42 Å². The number of nitrogens with zero attached hydrogens (tertiary/aromatic N) is 3. The SMILES string of the molecule is Cc1ccc(-c2nnc(NC(=O)c3ccc(S(=O)(=O)N4CCCCCC4)cc3)o2)c(C)c1. The van der Waals surface area contributed by atoms with Crippen LogP contribution in [0, 0.1) is 13.8 Å². The zero-order valence-corrected chi connectivity index (χ0v) is 19.0. The van der Waals surface area contributed by atoms with E-state index < -0.39 is 15.9 Å². The van der Waals surface area contributed by atoms with Gasteiger partial charge in [0.05, 0.1) is 4.90 Å². The van der Waals surface area contributed by atoms with Crippen molar-refractivity contribution in [3.05, 3.63) is 59.2 Å². The highest BCUT2D eigenvalue weighted by atomic mass is 32.2. The fourth-order valence-corrected chi connectivity index (χ4v) is 5.33. The first-order valence-electron chi connectivity index (χ1n) is 10.7. The molecule has 0 saturated carbocycles. The highest BCUT2D eigenvalue weighted by Gasteiger charge is 2.25. The highest BCUT2D eigenvalue weighted by molar-refractivity contribution is 7.89. The molecular formula is C23H26N4O4S. The molecule has 8 nitrogen and oxygen atoms in total. The van der Waals surface area contributed by atoms with Gasteiger partial charge in [0.15, 0.2) is 0 Å². The quantitative estimate of drug-likeness (QED) is 0.620. The Labute approximate surface area is 187 Å². The molecule has 0 bridgehead atoms. The van der Waals surface area contributed by atoms with Crippen LogP contribution < -0.4 is 5.32 Å². The van der Waals surface area contributed by atoms with Gasteiger partial charge in [0, 0.05) is 24.2 Å². The molecule has 2 heterocycles. The van der Waals surface area contributed by atoms with E-state index in [2.05, 4.69) is 15.5 Å². The van der Waals surface area contributed by atoms with Crippen molar-refractivity contribution in [3.8, 4) is 11.5 Å². The van der Waals surface area contributed by atoms with Crippen LogP contribution >= 0.6 is 0 Å². The zero-order valence-electron chi connectivity index (χ0n) is 18.2. The summed E-state index contributed by atoms with van der Waals surface area (Å²) in [5.74, 6) is -0.142. The number of carbonyl (C=O) groups is 1. The number of benzene rings is 2. The van der Waals surface area contributed by atoms with E-state index in [1.807, 2.05) is 32.0 Å². The number of rotatable bonds is 5. The van der Waals surface area contributed by atoms with Crippen LogP contribution in [0.3, 0.4) is 0 Å². The maximum absolute atomic E-state index is 12.9. The van der Waals surface area contributed by atoms with Crippen LogP contribution in [0.1, 0.15) is 47.2 Å². The number of aromatic nitrogens is 2. The summed E-state index contributed by atoms with van der Waals surface area (Å²) < 4.78 is 32.9. The Morgan fingerprint density at radius 2 is 1.66 bits per heavy atom. The van der Waals surface area contributed by atoms with E-state index in [1.165, 1.54) is 28.6 Å². The van der Waals surface area contributed by atoms with Crippen LogP contribution in [0.15, 0.2) is 51.8 Å². The van der Waals surface area contributed by atoms with Crippen LogP contribution in [0.4, 0.5) is 6.01 Å². The Hall–Kier alpha value is -3.04. The maximum Gasteiger partial charge on any atom is 0.322 e. The van der Waals surface area contributed by atoms with Crippen molar-refractivity contribution in [2.24, 2.45) is 0 Å². The summed E-state index contributed by atoms with van der Waals surface area (Å²) in [6.07, 6.45) is 3.83. The fraction of sp³-hybridized carbons (Fsp3) is 0.348. The van der Waals surface area contributed by atoms with Crippen molar-refractivity contribution >= 4 is 21.9 Å². The van der Waals surface area contributed by atoms with Crippen molar-refractivity contribution in [1.29, 1.82) is 0 Å². The lowest BCUT2D eigenvalue weighted by Gasteiger charge is -2.19. The molecule has 1 N–H and O–H groups in total. The molecule has 0 atom stereocenters. The third kappa shape index (κ3) is 4.73. The van der Waals surface area contributed by atoms with Gasteiger partial charge in [-0.1, -0.05) is 35.6 Å². The van der Waals surface area contributed by atoms with E-state index >= 15 is 0 Å². The normalized spacial score (nSPS) is 15.3. The second kappa shape index (κ2) is 9.22. The Balaban J connectivity index is 1.46. The molecular weight excluding hydrogens is 428 g/mol. The van der Waals surface area contributed by atoms with Gasteiger partial charge in [-0.3, -0.25) is 10.1 Å². The maximum atomic E-state index is 12.9. The lowest BCUT2D eigenvalue weighted by atomic mass is 10.1. The van der Waals surface area contributed by atoms with Gasteiger partial charge in [-0.2, -0.15) is 4.31 Å². The molecule has 1 aliphatic heterocycles. The molecule has 3 aromatic rings. The molecule has 4 rings (SSSR count). The van der Waals surface area contributed by atoms with Crippen molar-refractivity contribution in [3.63, 3.8) is 0 Å². The summed E-state index contributed by atoms with van der Waals surface area (Å²) in [4.78, 5) is 12.8. The van der Waals surface area contributed by atoms with E-state index in [1.54, 1.807) is 0 Å². The van der Waals surface area contributed by atoms with Crippen LogP contribution in [0.5, 0.6) is 0 Å². The second-order valence-corrected chi connectivity index (χ2v) is 9.97. The van der Waals surface area contributed by atoms with Crippen molar-refractivity contribution in [1.82, 2.24) is 14.5 Å². The minimum atomic E-state index is -3.56. The van der Waals surface area contributed by atoms with Gasteiger partial charge in [-0.25, -0.2) is 8.42 Å². The molecule has 1 amide bonds. The number of carbonyl (C=O) groups excluding carboxylic acids is 1. The van der Waals surface area contributed by atoms with Crippen molar-refractivity contribution in [2.45, 2.75) is 44.4 Å². The topological polar surface area (TPSA) is 105 Å². The summed E-state index contributed by atoms with van der Waals surface area (Å²) in [6, 6.07) is 11.7. The summed E-state index contributed by atoms with van der Waals surface area (Å²) in [6.45, 7) is 5.02. The Kier molecular flexibility index (Phi) is 6.38. The smallest absolute Gasteiger partial charge is 0.322 e. The standard InChI is InChI=1S/C23H26N4O4S/c1-16-7-12-20(17(2)15-16)22-25-26-23(31-22)24-21(28)18-8-10-19(11-9-18)32(29,30)27-13-5-3-4-6-14-27/h7-12,15H,3-6,13-14H2,1-2H3,(H,24,26,28). The first-order chi connectivity index (χ1) is 15.3. The number of sulfonamides is 1. The van der Waals surface area contributed by atoms with E-state index in [9.17, 15) is 13.2 Å². The van der Waals surface area contributed by atoms with Gasteiger partial charge in [0.25, 0.3) is 5.91 Å². The van der Waals surface area contributed by atoms with Gasteiger partial charge in [-0.05, 0) is 62.6 Å². The third-order valence-electron chi connectivity index (χ3n) is 5.58. The summed E-state index contributed by atoms with van der Waals surface area (Å²) in [5.41, 5.74) is 3.21. The Morgan fingerprint density at radius 1 is 0.969 bits per heavy atom. The largest absolute Gasteiger partial charge is 0.403 e. The van der Waals surface area contributed by atoms with E-state index in [0.717, 1.165) is 42.4 Å². The molecule has 1 saturated heterocycles.